The molecule has 0 saturated carbocycles. The topological polar surface area (TPSA) is 49.7 Å². The number of aliphatic hydroxyl groups is 1. The van der Waals surface area contributed by atoms with Crippen LogP contribution in [-0.2, 0) is 191 Å². The summed E-state index contributed by atoms with van der Waals surface area (Å²) in [5.41, 5.74) is 0.898. The van der Waals surface area contributed by atoms with Crippen LogP contribution in [0.2, 0.25) is 0 Å². The molecule has 0 saturated heterocycles. The summed E-state index contributed by atoms with van der Waals surface area (Å²) in [6.07, 6.45) is 2.66. The Morgan fingerprint density at radius 3 is 1.52 bits per heavy atom. The Hall–Kier alpha value is 4.81. The molecule has 118 valence electrons. The third-order valence-electron chi connectivity index (χ3n) is 1.67. The first kappa shape index (κ1) is 50.1. The molecule has 3 nitrogen and oxygen atoms in total. The molecule has 0 atom stereocenters. The van der Waals surface area contributed by atoms with E-state index >= 15 is 0 Å². The third-order valence-corrected chi connectivity index (χ3v) is 3.36. The van der Waals surface area contributed by atoms with Crippen molar-refractivity contribution in [3.05, 3.63) is 23.0 Å². The first-order valence-electron chi connectivity index (χ1n) is 3.79. The van der Waals surface area contributed by atoms with Crippen LogP contribution in [0.15, 0.2) is 20.4 Å². The Bertz CT molecular complexity index is 355. The van der Waals surface area contributed by atoms with E-state index in [4.69, 9.17) is 0 Å². The molecule has 12 heteroatoms. The minimum Gasteiger partial charge on any atom is 0 e. The molecule has 0 radical (unpaired) electrons. The van der Waals surface area contributed by atoms with E-state index in [0.717, 1.165) is 29.1 Å². The molecular formula is C9H10NO2W9-. The average molecular weight is 1820 g/mol. The third kappa shape index (κ3) is 21.0. The fourth-order valence-electron chi connectivity index (χ4n) is 0.727. The molecule has 0 bridgehead atoms. The molecular weight excluding hydrogens is 1810 g/mol. The minimum atomic E-state index is -0.407. The number of hydrogen-bond donors (Lipinski definition) is 1. The van der Waals surface area contributed by atoms with Gasteiger partial charge in [-0.3, -0.25) is 0 Å². The van der Waals surface area contributed by atoms with Gasteiger partial charge in [0.25, 0.3) is 0 Å². The number of carbonyl (C=O) groups excluding carboxylic acids is 1. The predicted molar refractivity (Wildman–Crippen MR) is 45.9 cm³/mol. The zero-order valence-electron chi connectivity index (χ0n) is 11.0. The molecule has 0 spiro atoms. The molecule has 1 N–H and O–H groups in total. The van der Waals surface area contributed by atoms with Gasteiger partial charge < -0.3 is 0 Å². The van der Waals surface area contributed by atoms with Crippen LogP contribution >= 0.6 is 0 Å². The molecule has 0 aliphatic rings. The van der Waals surface area contributed by atoms with E-state index in [-0.39, 0.29) is 159 Å². The van der Waals surface area contributed by atoms with Crippen molar-refractivity contribution in [3.63, 3.8) is 0 Å². The van der Waals surface area contributed by atoms with Crippen LogP contribution in [0, 0.1) is 6.08 Å². The van der Waals surface area contributed by atoms with Gasteiger partial charge in [-0.15, -0.1) is 0 Å². The van der Waals surface area contributed by atoms with Crippen LogP contribution in [0.1, 0.15) is 20.8 Å². The molecule has 1 amide bonds. The Balaban J connectivity index is -0.0000000402. The van der Waals surface area contributed by atoms with Gasteiger partial charge in [-0.1, -0.05) is 0 Å². The maximum atomic E-state index is 11.3. The van der Waals surface area contributed by atoms with Crippen LogP contribution in [0.3, 0.4) is 0 Å². The standard InChI is InChI=1S/C9H10NO2.9W/c1-4-6(3)8(11)7(5-2)9(10)12;;;;;;;;;/h11H,1-3H3;;;;;;;;;/q-1;;;;;;;;;. The van der Waals surface area contributed by atoms with Gasteiger partial charge in [-0.2, -0.15) is 0 Å². The van der Waals surface area contributed by atoms with E-state index in [2.05, 4.69) is 9.57 Å². The Labute approximate surface area is 248 Å². The summed E-state index contributed by atoms with van der Waals surface area (Å²) >= 11 is 2.09. The summed E-state index contributed by atoms with van der Waals surface area (Å²) in [5.74, 6) is -0.411. The van der Waals surface area contributed by atoms with Crippen molar-refractivity contribution in [1.29, 1.82) is 0 Å². The molecule has 0 aromatic carbocycles. The number of rotatable bonds is 3. The summed E-state index contributed by atoms with van der Waals surface area (Å²) < 4.78 is 4.62. The van der Waals surface area contributed by atoms with E-state index in [1.54, 1.807) is 13.8 Å². The normalized spacial score (nSPS) is 8.81. The summed E-state index contributed by atoms with van der Waals surface area (Å²) in [5, 5.41) is 9.75. The van der Waals surface area contributed by atoms with Gasteiger partial charge in [0.05, 0.1) is 0 Å². The Kier molecular flexibility index (Phi) is 70.5. The van der Waals surface area contributed by atoms with Crippen molar-refractivity contribution in [2.45, 2.75) is 20.8 Å². The second kappa shape index (κ2) is 29.6. The maximum absolute atomic E-state index is 11.3. The fraction of sp³-hybridized carbons (Fsp3) is 0.333. The number of amides is 1. The van der Waals surface area contributed by atoms with E-state index in [9.17, 15) is 9.90 Å². The van der Waals surface area contributed by atoms with Gasteiger partial charge >= 0.3 is 106 Å². The Morgan fingerprint density at radius 2 is 1.33 bits per heavy atom. The quantitative estimate of drug-likeness (QED) is 0.202. The van der Waals surface area contributed by atoms with Gasteiger partial charge in [0.15, 0.2) is 0 Å². The van der Waals surface area contributed by atoms with E-state index < -0.39 is 5.91 Å². The first-order valence-corrected chi connectivity index (χ1v) is 6.57. The van der Waals surface area contributed by atoms with Crippen LogP contribution in [-0.4, -0.2) is 14.9 Å². The number of nitrogens with zero attached hydrogens (tertiary/aromatic N) is 1. The number of hydrogen-bond acceptors (Lipinski definition) is 2. The number of carbonyl (C=O) groups is 1. The van der Waals surface area contributed by atoms with Crippen molar-refractivity contribution in [2.24, 2.45) is 3.50 Å². The summed E-state index contributed by atoms with van der Waals surface area (Å²) in [6.45, 7) is 5.28. The molecule has 0 fully saturated rings. The molecule has 0 aliphatic carbocycles. The molecule has 0 unspecified atom stereocenters. The zero-order valence-corrected chi connectivity index (χ0v) is 37.4. The van der Waals surface area contributed by atoms with E-state index in [1.165, 1.54) is 19.4 Å². The van der Waals surface area contributed by atoms with Gasteiger partial charge in [0.2, 0.25) is 0 Å². The maximum Gasteiger partial charge on any atom is 0 e. The fourth-order valence-corrected chi connectivity index (χ4v) is 1.40. The largest absolute Gasteiger partial charge is 0 e. The molecule has 21 heavy (non-hydrogen) atoms. The first-order chi connectivity index (χ1) is 6.45. The van der Waals surface area contributed by atoms with Crippen LogP contribution < -0.4 is 0 Å². The minimum absolute atomic E-state index is 0. The van der Waals surface area contributed by atoms with Crippen molar-refractivity contribution < 1.29 is 196 Å². The SMILES string of the molecule is C[C-]=C(C(=O)[N]=[W])C(O)=C(C)[C](C)=[W].[W].[W].[W].[W].[W].[W].[W]. The summed E-state index contributed by atoms with van der Waals surface area (Å²) in [6, 6.07) is 0. The second-order valence-electron chi connectivity index (χ2n) is 2.55. The van der Waals surface area contributed by atoms with Gasteiger partial charge in [0, 0.05) is 147 Å². The van der Waals surface area contributed by atoms with E-state index in [1.807, 2.05) is 6.92 Å². The molecule has 0 aliphatic heterocycles. The molecule has 0 rings (SSSR count). The molecule has 0 heterocycles. The smallest absolute Gasteiger partial charge is 0 e. The van der Waals surface area contributed by atoms with E-state index in [0.29, 0.717) is 0 Å². The van der Waals surface area contributed by atoms with Gasteiger partial charge in [-0.05, 0) is 0 Å². The summed E-state index contributed by atoms with van der Waals surface area (Å²) in [7, 11) is 0. The monoisotopic (exact) mass is 1820 g/mol. The predicted octanol–water partition coefficient (Wildman–Crippen LogP) is 1.55. The second-order valence-corrected chi connectivity index (χ2v) is 5.41. The van der Waals surface area contributed by atoms with Crippen LogP contribution in [0.4, 0.5) is 0 Å². The average Bonchev–Trinajstić information content (AvgIpc) is 2.16. The van der Waals surface area contributed by atoms with Crippen molar-refractivity contribution in [2.75, 3.05) is 0 Å². The summed E-state index contributed by atoms with van der Waals surface area (Å²) in [4.78, 5) is 11.3. The zero-order chi connectivity index (χ0) is 11.3. The number of aliphatic hydroxyl groups excluding tert-OH is 1. The van der Waals surface area contributed by atoms with Crippen LogP contribution in [0.5, 0.6) is 0 Å². The van der Waals surface area contributed by atoms with Gasteiger partial charge in [-0.25, -0.2) is 0 Å². The molecule has 0 aromatic heterocycles. The van der Waals surface area contributed by atoms with Crippen molar-refractivity contribution in [3.8, 4) is 0 Å². The number of allylic oxidation sites excluding steroid dienone is 2. The Morgan fingerprint density at radius 1 is 1.00 bits per heavy atom. The molecule has 0 aromatic rings. The van der Waals surface area contributed by atoms with Gasteiger partial charge in [0.1, 0.15) is 0 Å². The van der Waals surface area contributed by atoms with Crippen LogP contribution in [0.25, 0.3) is 0 Å². The van der Waals surface area contributed by atoms with Crippen molar-refractivity contribution >= 4 is 9.81 Å². The van der Waals surface area contributed by atoms with Crippen molar-refractivity contribution in [1.82, 2.24) is 0 Å².